The topological polar surface area (TPSA) is 89.9 Å². The van der Waals surface area contributed by atoms with E-state index in [-0.39, 0.29) is 24.8 Å². The number of rotatable bonds is 6. The van der Waals surface area contributed by atoms with Crippen LogP contribution in [0.1, 0.15) is 23.7 Å². The molecular weight excluding hydrogens is 272 g/mol. The van der Waals surface area contributed by atoms with Gasteiger partial charge in [-0.05, 0) is 31.2 Å². The van der Waals surface area contributed by atoms with Crippen molar-refractivity contribution in [3.63, 3.8) is 0 Å². The molecule has 0 radical (unpaired) electrons. The minimum atomic E-state index is -1.04. The maximum absolute atomic E-state index is 12.2. The summed E-state index contributed by atoms with van der Waals surface area (Å²) >= 11 is 0. The van der Waals surface area contributed by atoms with Gasteiger partial charge in [-0.1, -0.05) is 0 Å². The number of hydrogen-bond acceptors (Lipinski definition) is 3. The summed E-state index contributed by atoms with van der Waals surface area (Å²) in [6.07, 6.45) is 5.58. The van der Waals surface area contributed by atoms with Gasteiger partial charge < -0.3 is 15.5 Å². The normalized spacial score (nSPS) is 11.3. The molecule has 0 aliphatic rings. The summed E-state index contributed by atoms with van der Waals surface area (Å²) in [5, 5.41) is 20.7. The molecular formula is C15H18N2O4. The standard InChI is InChI=1S/C15H18N2O4/c1-3-4-11(2)16-15(21)17(9-10-18)13-7-5-12(6-8-13)14(19)20/h1,5-8,11,18H,4,9-10H2,2H3,(H,16,21)(H,19,20). The Hall–Kier alpha value is -2.52. The molecule has 6 heteroatoms. The molecule has 0 aliphatic carbocycles. The summed E-state index contributed by atoms with van der Waals surface area (Å²) in [7, 11) is 0. The highest BCUT2D eigenvalue weighted by molar-refractivity contribution is 5.93. The quantitative estimate of drug-likeness (QED) is 0.689. The Morgan fingerprint density at radius 3 is 2.48 bits per heavy atom. The highest BCUT2D eigenvalue weighted by Gasteiger charge is 2.17. The highest BCUT2D eigenvalue weighted by atomic mass is 16.4. The van der Waals surface area contributed by atoms with E-state index in [2.05, 4.69) is 11.2 Å². The van der Waals surface area contributed by atoms with E-state index in [1.54, 1.807) is 6.92 Å². The van der Waals surface area contributed by atoms with Crippen molar-refractivity contribution in [2.24, 2.45) is 0 Å². The third-order valence-electron chi connectivity index (χ3n) is 2.79. The van der Waals surface area contributed by atoms with Crippen molar-refractivity contribution in [2.45, 2.75) is 19.4 Å². The van der Waals surface area contributed by atoms with E-state index in [1.165, 1.54) is 29.2 Å². The molecule has 0 spiro atoms. The molecule has 0 fully saturated rings. The zero-order valence-electron chi connectivity index (χ0n) is 11.7. The molecule has 0 saturated carbocycles. The van der Waals surface area contributed by atoms with Crippen LogP contribution in [-0.2, 0) is 0 Å². The van der Waals surface area contributed by atoms with Gasteiger partial charge in [0.05, 0.1) is 18.7 Å². The van der Waals surface area contributed by atoms with Gasteiger partial charge in [-0.2, -0.15) is 0 Å². The molecule has 0 heterocycles. The van der Waals surface area contributed by atoms with E-state index in [4.69, 9.17) is 16.6 Å². The van der Waals surface area contributed by atoms with Crippen molar-refractivity contribution >= 4 is 17.7 Å². The number of amides is 2. The molecule has 1 atom stereocenters. The first kappa shape index (κ1) is 16.5. The Morgan fingerprint density at radius 2 is 2.00 bits per heavy atom. The molecule has 112 valence electrons. The number of aliphatic hydroxyl groups excluding tert-OH is 1. The van der Waals surface area contributed by atoms with Crippen LogP contribution in [0.15, 0.2) is 24.3 Å². The zero-order chi connectivity index (χ0) is 15.8. The predicted molar refractivity (Wildman–Crippen MR) is 79.3 cm³/mol. The largest absolute Gasteiger partial charge is 0.478 e. The average molecular weight is 290 g/mol. The number of aliphatic hydroxyl groups is 1. The molecule has 1 aromatic rings. The number of hydrogen-bond donors (Lipinski definition) is 3. The summed E-state index contributed by atoms with van der Waals surface area (Å²) in [6.45, 7) is 1.67. The van der Waals surface area contributed by atoms with E-state index in [0.717, 1.165) is 0 Å². The van der Waals surface area contributed by atoms with Gasteiger partial charge in [0.15, 0.2) is 0 Å². The van der Waals surface area contributed by atoms with E-state index < -0.39 is 12.0 Å². The van der Waals surface area contributed by atoms with Crippen LogP contribution in [0.4, 0.5) is 10.5 Å². The average Bonchev–Trinajstić information content (AvgIpc) is 2.45. The van der Waals surface area contributed by atoms with Crippen molar-refractivity contribution in [3.05, 3.63) is 29.8 Å². The summed E-state index contributed by atoms with van der Waals surface area (Å²) in [4.78, 5) is 24.3. The fourth-order valence-electron chi connectivity index (χ4n) is 1.75. The van der Waals surface area contributed by atoms with E-state index >= 15 is 0 Å². The van der Waals surface area contributed by atoms with Crippen LogP contribution in [-0.4, -0.2) is 41.4 Å². The van der Waals surface area contributed by atoms with E-state index in [9.17, 15) is 9.59 Å². The number of anilines is 1. The zero-order valence-corrected chi connectivity index (χ0v) is 11.7. The number of nitrogens with zero attached hydrogens (tertiary/aromatic N) is 1. The summed E-state index contributed by atoms with van der Waals surface area (Å²) in [6, 6.07) is 5.26. The number of carbonyl (C=O) groups is 2. The third kappa shape index (κ3) is 4.82. The van der Waals surface area contributed by atoms with Gasteiger partial charge in [0.1, 0.15) is 0 Å². The van der Waals surface area contributed by atoms with Crippen molar-refractivity contribution in [1.82, 2.24) is 5.32 Å². The number of carboxylic acid groups (broad SMARTS) is 1. The molecule has 0 saturated heterocycles. The van der Waals surface area contributed by atoms with E-state index in [0.29, 0.717) is 12.1 Å². The minimum Gasteiger partial charge on any atom is -0.478 e. The van der Waals surface area contributed by atoms with E-state index in [1.807, 2.05) is 0 Å². The van der Waals surface area contributed by atoms with Crippen molar-refractivity contribution < 1.29 is 19.8 Å². The second-order valence-corrected chi connectivity index (χ2v) is 4.49. The molecule has 0 aliphatic heterocycles. The Bertz CT molecular complexity index is 534. The highest BCUT2D eigenvalue weighted by Crippen LogP contribution is 2.15. The molecule has 0 bridgehead atoms. The molecule has 1 rings (SSSR count). The maximum atomic E-state index is 12.2. The Morgan fingerprint density at radius 1 is 1.38 bits per heavy atom. The van der Waals surface area contributed by atoms with Crippen molar-refractivity contribution in [2.75, 3.05) is 18.1 Å². The van der Waals surface area contributed by atoms with Crippen LogP contribution in [0.3, 0.4) is 0 Å². The van der Waals surface area contributed by atoms with Crippen LogP contribution in [0.25, 0.3) is 0 Å². The maximum Gasteiger partial charge on any atom is 0.335 e. The number of aromatic carboxylic acids is 1. The number of carboxylic acids is 1. The third-order valence-corrected chi connectivity index (χ3v) is 2.79. The van der Waals surface area contributed by atoms with Crippen LogP contribution in [0.2, 0.25) is 0 Å². The first-order valence-electron chi connectivity index (χ1n) is 6.45. The lowest BCUT2D eigenvalue weighted by atomic mass is 10.2. The number of terminal acetylenes is 1. The van der Waals surface area contributed by atoms with Gasteiger partial charge in [0.25, 0.3) is 0 Å². The van der Waals surface area contributed by atoms with Crippen LogP contribution >= 0.6 is 0 Å². The van der Waals surface area contributed by atoms with Crippen molar-refractivity contribution in [1.29, 1.82) is 0 Å². The Kier molecular flexibility index (Phi) is 6.24. The fourth-order valence-corrected chi connectivity index (χ4v) is 1.75. The molecule has 6 nitrogen and oxygen atoms in total. The summed E-state index contributed by atoms with van der Waals surface area (Å²) < 4.78 is 0. The van der Waals surface area contributed by atoms with Crippen LogP contribution in [0, 0.1) is 12.3 Å². The fraction of sp³-hybridized carbons (Fsp3) is 0.333. The first-order valence-corrected chi connectivity index (χ1v) is 6.45. The minimum absolute atomic E-state index is 0.0982. The Balaban J connectivity index is 2.87. The lowest BCUT2D eigenvalue weighted by Gasteiger charge is -2.24. The van der Waals surface area contributed by atoms with Gasteiger partial charge >= 0.3 is 12.0 Å². The molecule has 3 N–H and O–H groups in total. The van der Waals surface area contributed by atoms with Gasteiger partial charge in [-0.3, -0.25) is 4.90 Å². The monoisotopic (exact) mass is 290 g/mol. The lowest BCUT2D eigenvalue weighted by Crippen LogP contribution is -2.45. The van der Waals surface area contributed by atoms with Crippen LogP contribution < -0.4 is 10.2 Å². The molecule has 1 aromatic carbocycles. The predicted octanol–water partition coefficient (Wildman–Crippen LogP) is 1.30. The first-order chi connectivity index (χ1) is 9.99. The second-order valence-electron chi connectivity index (χ2n) is 4.49. The number of benzene rings is 1. The number of carbonyl (C=O) groups excluding carboxylic acids is 1. The molecule has 2 amide bonds. The summed E-state index contributed by atoms with van der Waals surface area (Å²) in [5.41, 5.74) is 0.628. The SMILES string of the molecule is C#CCC(C)NC(=O)N(CCO)c1ccc(C(=O)O)cc1. The number of nitrogens with one attached hydrogen (secondary N) is 1. The van der Waals surface area contributed by atoms with Gasteiger partial charge in [-0.25, -0.2) is 9.59 Å². The molecule has 21 heavy (non-hydrogen) atoms. The van der Waals surface area contributed by atoms with Gasteiger partial charge in [-0.15, -0.1) is 12.3 Å². The van der Waals surface area contributed by atoms with Crippen molar-refractivity contribution in [3.8, 4) is 12.3 Å². The lowest BCUT2D eigenvalue weighted by molar-refractivity contribution is 0.0697. The number of urea groups is 1. The second kappa shape index (κ2) is 7.92. The summed E-state index contributed by atoms with van der Waals surface area (Å²) in [5.74, 6) is 1.42. The smallest absolute Gasteiger partial charge is 0.335 e. The molecule has 1 unspecified atom stereocenters. The Labute approximate surface area is 123 Å². The van der Waals surface area contributed by atoms with Gasteiger partial charge in [0, 0.05) is 18.2 Å². The molecule has 0 aromatic heterocycles. The van der Waals surface area contributed by atoms with Crippen LogP contribution in [0.5, 0.6) is 0 Å². The van der Waals surface area contributed by atoms with Gasteiger partial charge in [0.2, 0.25) is 0 Å².